The molecule has 0 radical (unpaired) electrons. The zero-order valence-corrected chi connectivity index (χ0v) is 10.7. The largest absolute Gasteiger partial charge is 0.489 e. The van der Waals surface area contributed by atoms with Crippen molar-refractivity contribution >= 4 is 15.9 Å². The maximum absolute atomic E-state index is 9.13. The van der Waals surface area contributed by atoms with Crippen LogP contribution in [0.5, 0.6) is 5.75 Å². The SMILES string of the molecule is OCc1cc(OCc2cccnc2)ccc1Br. The lowest BCUT2D eigenvalue weighted by molar-refractivity contribution is 0.277. The molecule has 4 heteroatoms. The second-order valence-corrected chi connectivity index (χ2v) is 4.42. The van der Waals surface area contributed by atoms with Crippen molar-refractivity contribution in [3.63, 3.8) is 0 Å². The average Bonchev–Trinajstić information content (AvgIpc) is 2.39. The number of pyridine rings is 1. The Hall–Kier alpha value is -1.39. The molecule has 1 heterocycles. The lowest BCUT2D eigenvalue weighted by Gasteiger charge is -2.08. The van der Waals surface area contributed by atoms with E-state index in [4.69, 9.17) is 9.84 Å². The molecule has 0 spiro atoms. The molecule has 0 aliphatic heterocycles. The van der Waals surface area contributed by atoms with Crippen LogP contribution in [0.25, 0.3) is 0 Å². The topological polar surface area (TPSA) is 42.4 Å². The smallest absolute Gasteiger partial charge is 0.120 e. The highest BCUT2D eigenvalue weighted by molar-refractivity contribution is 9.10. The van der Waals surface area contributed by atoms with Crippen LogP contribution in [0.4, 0.5) is 0 Å². The highest BCUT2D eigenvalue weighted by atomic mass is 79.9. The molecule has 1 aromatic heterocycles. The number of benzene rings is 1. The summed E-state index contributed by atoms with van der Waals surface area (Å²) in [5.74, 6) is 0.737. The van der Waals surface area contributed by atoms with E-state index in [-0.39, 0.29) is 6.61 Å². The summed E-state index contributed by atoms with van der Waals surface area (Å²) in [7, 11) is 0. The monoisotopic (exact) mass is 293 g/mol. The fraction of sp³-hybridized carbons (Fsp3) is 0.154. The molecule has 1 aromatic carbocycles. The van der Waals surface area contributed by atoms with Crippen molar-refractivity contribution in [1.82, 2.24) is 4.98 Å². The summed E-state index contributed by atoms with van der Waals surface area (Å²) >= 11 is 3.36. The van der Waals surface area contributed by atoms with Crippen LogP contribution < -0.4 is 4.74 Å². The van der Waals surface area contributed by atoms with E-state index in [9.17, 15) is 0 Å². The lowest BCUT2D eigenvalue weighted by atomic mass is 10.2. The quantitative estimate of drug-likeness (QED) is 0.942. The first-order valence-corrected chi connectivity index (χ1v) is 6.00. The van der Waals surface area contributed by atoms with Crippen LogP contribution in [-0.4, -0.2) is 10.1 Å². The highest BCUT2D eigenvalue weighted by Gasteiger charge is 2.01. The fourth-order valence-electron chi connectivity index (χ4n) is 1.41. The minimum atomic E-state index is -0.00925. The number of hydrogen-bond acceptors (Lipinski definition) is 3. The van der Waals surface area contributed by atoms with Gasteiger partial charge in [0.05, 0.1) is 6.61 Å². The summed E-state index contributed by atoms with van der Waals surface area (Å²) < 4.78 is 6.50. The number of ether oxygens (including phenoxy) is 1. The molecule has 0 aliphatic carbocycles. The van der Waals surface area contributed by atoms with Gasteiger partial charge in [-0.25, -0.2) is 0 Å². The standard InChI is InChI=1S/C13H12BrNO2/c14-13-4-3-12(6-11(13)8-16)17-9-10-2-1-5-15-7-10/h1-7,16H,8-9H2. The molecule has 0 saturated heterocycles. The highest BCUT2D eigenvalue weighted by Crippen LogP contribution is 2.23. The third-order valence-corrected chi connectivity index (χ3v) is 3.09. The van der Waals surface area contributed by atoms with Gasteiger partial charge in [-0.05, 0) is 29.8 Å². The normalized spacial score (nSPS) is 10.2. The predicted molar refractivity (Wildman–Crippen MR) is 68.6 cm³/mol. The van der Waals surface area contributed by atoms with Gasteiger partial charge in [-0.2, -0.15) is 0 Å². The molecule has 0 atom stereocenters. The van der Waals surface area contributed by atoms with Crippen molar-refractivity contribution < 1.29 is 9.84 Å². The van der Waals surface area contributed by atoms with Gasteiger partial charge in [0.1, 0.15) is 12.4 Å². The molecule has 0 unspecified atom stereocenters. The molecule has 1 N–H and O–H groups in total. The minimum Gasteiger partial charge on any atom is -0.489 e. The maximum atomic E-state index is 9.13. The fourth-order valence-corrected chi connectivity index (χ4v) is 1.78. The summed E-state index contributed by atoms with van der Waals surface area (Å²) in [6.45, 7) is 0.463. The van der Waals surface area contributed by atoms with Gasteiger partial charge in [0.15, 0.2) is 0 Å². The molecule has 2 rings (SSSR count). The number of halogens is 1. The lowest BCUT2D eigenvalue weighted by Crippen LogP contribution is -1.96. The van der Waals surface area contributed by atoms with Gasteiger partial charge < -0.3 is 9.84 Å². The van der Waals surface area contributed by atoms with E-state index in [1.807, 2.05) is 30.3 Å². The van der Waals surface area contributed by atoms with Gasteiger partial charge in [-0.15, -0.1) is 0 Å². The third-order valence-electron chi connectivity index (χ3n) is 2.32. The summed E-state index contributed by atoms with van der Waals surface area (Å²) in [6.07, 6.45) is 3.50. The van der Waals surface area contributed by atoms with Crippen LogP contribution in [0.2, 0.25) is 0 Å². The van der Waals surface area contributed by atoms with Gasteiger partial charge >= 0.3 is 0 Å². The number of rotatable bonds is 4. The Bertz CT molecular complexity index is 488. The van der Waals surface area contributed by atoms with Crippen molar-refractivity contribution in [1.29, 1.82) is 0 Å². The zero-order valence-electron chi connectivity index (χ0n) is 9.14. The van der Waals surface area contributed by atoms with Crippen molar-refractivity contribution in [3.05, 3.63) is 58.3 Å². The van der Waals surface area contributed by atoms with Crippen LogP contribution in [0.1, 0.15) is 11.1 Å². The van der Waals surface area contributed by atoms with Crippen molar-refractivity contribution in [2.24, 2.45) is 0 Å². The Morgan fingerprint density at radius 3 is 2.88 bits per heavy atom. The van der Waals surface area contributed by atoms with Gasteiger partial charge in [0, 0.05) is 22.4 Å². The molecule has 17 heavy (non-hydrogen) atoms. The number of aromatic nitrogens is 1. The maximum Gasteiger partial charge on any atom is 0.120 e. The van der Waals surface area contributed by atoms with Gasteiger partial charge in [-0.1, -0.05) is 22.0 Å². The molecule has 88 valence electrons. The molecular formula is C13H12BrNO2. The average molecular weight is 294 g/mol. The van der Waals surface area contributed by atoms with E-state index >= 15 is 0 Å². The van der Waals surface area contributed by atoms with Crippen LogP contribution >= 0.6 is 15.9 Å². The van der Waals surface area contributed by atoms with E-state index in [1.165, 1.54) is 0 Å². The van der Waals surface area contributed by atoms with E-state index < -0.39 is 0 Å². The zero-order chi connectivity index (χ0) is 12.1. The van der Waals surface area contributed by atoms with Crippen molar-refractivity contribution in [2.75, 3.05) is 0 Å². The van der Waals surface area contributed by atoms with Crippen LogP contribution in [0, 0.1) is 0 Å². The second kappa shape index (κ2) is 5.80. The summed E-state index contributed by atoms with van der Waals surface area (Å²) in [5.41, 5.74) is 1.83. The van der Waals surface area contributed by atoms with Crippen LogP contribution in [-0.2, 0) is 13.2 Å². The Kier molecular flexibility index (Phi) is 4.12. The Morgan fingerprint density at radius 1 is 1.29 bits per heavy atom. The van der Waals surface area contributed by atoms with E-state index in [2.05, 4.69) is 20.9 Å². The first-order chi connectivity index (χ1) is 8.29. The van der Waals surface area contributed by atoms with E-state index in [1.54, 1.807) is 12.4 Å². The molecule has 0 bridgehead atoms. The van der Waals surface area contributed by atoms with Crippen molar-refractivity contribution in [3.8, 4) is 5.75 Å². The van der Waals surface area contributed by atoms with E-state index in [0.29, 0.717) is 6.61 Å². The number of aliphatic hydroxyl groups is 1. The van der Waals surface area contributed by atoms with Crippen LogP contribution in [0.15, 0.2) is 47.2 Å². The Morgan fingerprint density at radius 2 is 2.18 bits per heavy atom. The van der Waals surface area contributed by atoms with E-state index in [0.717, 1.165) is 21.3 Å². The van der Waals surface area contributed by atoms with Crippen molar-refractivity contribution in [2.45, 2.75) is 13.2 Å². The Labute approximate surface area is 108 Å². The number of nitrogens with zero attached hydrogens (tertiary/aromatic N) is 1. The molecule has 0 saturated carbocycles. The van der Waals surface area contributed by atoms with Gasteiger partial charge in [0.25, 0.3) is 0 Å². The molecule has 0 aliphatic rings. The number of aliphatic hydroxyl groups excluding tert-OH is 1. The van der Waals surface area contributed by atoms with Gasteiger partial charge in [0.2, 0.25) is 0 Å². The first kappa shape index (κ1) is 12.1. The molecular weight excluding hydrogens is 282 g/mol. The van der Waals surface area contributed by atoms with Crippen LogP contribution in [0.3, 0.4) is 0 Å². The number of hydrogen-bond donors (Lipinski definition) is 1. The summed E-state index contributed by atoms with van der Waals surface area (Å²) in [6, 6.07) is 9.38. The summed E-state index contributed by atoms with van der Waals surface area (Å²) in [5, 5.41) is 9.13. The summed E-state index contributed by atoms with van der Waals surface area (Å²) in [4.78, 5) is 4.02. The molecule has 0 fully saturated rings. The molecule has 2 aromatic rings. The molecule has 3 nitrogen and oxygen atoms in total. The first-order valence-electron chi connectivity index (χ1n) is 5.20. The molecule has 0 amide bonds. The predicted octanol–water partition coefficient (Wildman–Crippen LogP) is 2.92. The van der Waals surface area contributed by atoms with Gasteiger partial charge in [-0.3, -0.25) is 4.98 Å². The minimum absolute atomic E-state index is 0.00925. The second-order valence-electron chi connectivity index (χ2n) is 3.56. The third kappa shape index (κ3) is 3.28. The Balaban J connectivity index is 2.04.